The Balaban J connectivity index is 2.58. The first-order chi connectivity index (χ1) is 9.58. The molecule has 0 atom stereocenters. The summed E-state index contributed by atoms with van der Waals surface area (Å²) in [6.45, 7) is 1.76. The highest BCUT2D eigenvalue weighted by Gasteiger charge is 2.17. The predicted molar refractivity (Wildman–Crippen MR) is 82.5 cm³/mol. The Labute approximate surface area is 121 Å². The minimum Gasteiger partial charge on any atom is -0.399 e. The lowest BCUT2D eigenvalue weighted by molar-refractivity contribution is 0.213. The molecule has 6 heteroatoms. The molecular formula is C14H17N3O2S. The summed E-state index contributed by atoms with van der Waals surface area (Å²) >= 11 is 1.68. The van der Waals surface area contributed by atoms with E-state index in [1.54, 1.807) is 25.7 Å². The highest BCUT2D eigenvalue weighted by atomic mass is 32.2. The van der Waals surface area contributed by atoms with E-state index in [1.807, 2.05) is 30.5 Å². The van der Waals surface area contributed by atoms with Crippen molar-refractivity contribution in [3.63, 3.8) is 0 Å². The Morgan fingerprint density at radius 1 is 1.35 bits per heavy atom. The van der Waals surface area contributed by atoms with Crippen LogP contribution in [-0.2, 0) is 11.9 Å². The second kappa shape index (κ2) is 6.00. The van der Waals surface area contributed by atoms with E-state index in [2.05, 4.69) is 10.3 Å². The van der Waals surface area contributed by atoms with E-state index in [1.165, 1.54) is 16.7 Å². The minimum atomic E-state index is -0.118. The van der Waals surface area contributed by atoms with Gasteiger partial charge in [0.1, 0.15) is 7.11 Å². The fourth-order valence-electron chi connectivity index (χ4n) is 2.03. The highest BCUT2D eigenvalue weighted by molar-refractivity contribution is 7.98. The molecule has 20 heavy (non-hydrogen) atoms. The summed E-state index contributed by atoms with van der Waals surface area (Å²) in [5.41, 5.74) is 2.67. The van der Waals surface area contributed by atoms with E-state index >= 15 is 0 Å². The van der Waals surface area contributed by atoms with Crippen molar-refractivity contribution in [3.05, 3.63) is 40.2 Å². The number of aryl methyl sites for hydroxylation is 1. The number of rotatable bonds is 4. The SMILES string of the molecule is CO/N=C(\C)c1c(-c2ccc(SC)cc2)[nH]n(C)c1=O. The molecule has 0 spiro atoms. The Morgan fingerprint density at radius 2 is 2.00 bits per heavy atom. The van der Waals surface area contributed by atoms with Crippen molar-refractivity contribution in [2.24, 2.45) is 12.2 Å². The molecule has 0 bridgehead atoms. The maximum absolute atomic E-state index is 12.2. The summed E-state index contributed by atoms with van der Waals surface area (Å²) < 4.78 is 1.45. The van der Waals surface area contributed by atoms with Gasteiger partial charge in [-0.2, -0.15) is 0 Å². The Hall–Kier alpha value is -1.95. The zero-order valence-electron chi connectivity index (χ0n) is 11.9. The first kappa shape index (κ1) is 14.5. The van der Waals surface area contributed by atoms with E-state index in [0.29, 0.717) is 11.3 Å². The third-order valence-electron chi connectivity index (χ3n) is 3.02. The van der Waals surface area contributed by atoms with Crippen LogP contribution >= 0.6 is 11.8 Å². The summed E-state index contributed by atoms with van der Waals surface area (Å²) in [5, 5.41) is 6.94. The van der Waals surface area contributed by atoms with Crippen LogP contribution in [0.5, 0.6) is 0 Å². The van der Waals surface area contributed by atoms with Crippen molar-refractivity contribution in [1.82, 2.24) is 9.78 Å². The molecule has 1 aromatic heterocycles. The van der Waals surface area contributed by atoms with Gasteiger partial charge in [0.2, 0.25) is 0 Å². The summed E-state index contributed by atoms with van der Waals surface area (Å²) in [5.74, 6) is 0. The van der Waals surface area contributed by atoms with Crippen LogP contribution in [0.25, 0.3) is 11.3 Å². The minimum absolute atomic E-state index is 0.118. The van der Waals surface area contributed by atoms with Crippen LogP contribution in [0.4, 0.5) is 0 Å². The standard InChI is InChI=1S/C14H17N3O2S/c1-9(16-19-3)12-13(15-17(2)14(12)18)10-5-7-11(20-4)8-6-10/h5-8,15H,1-4H3/b16-9+. The monoisotopic (exact) mass is 291 g/mol. The quantitative estimate of drug-likeness (QED) is 0.535. The van der Waals surface area contributed by atoms with Crippen LogP contribution < -0.4 is 5.56 Å². The molecule has 0 saturated carbocycles. The third-order valence-corrected chi connectivity index (χ3v) is 3.76. The second-order valence-corrected chi connectivity index (χ2v) is 5.19. The number of hydrogen-bond donors (Lipinski definition) is 1. The first-order valence-corrected chi connectivity index (χ1v) is 7.32. The van der Waals surface area contributed by atoms with Crippen molar-refractivity contribution < 1.29 is 4.84 Å². The number of nitrogens with one attached hydrogen (secondary N) is 1. The van der Waals surface area contributed by atoms with Gasteiger partial charge in [0, 0.05) is 17.5 Å². The topological polar surface area (TPSA) is 59.4 Å². The second-order valence-electron chi connectivity index (χ2n) is 4.31. The molecule has 0 fully saturated rings. The van der Waals surface area contributed by atoms with Gasteiger partial charge in [0.15, 0.2) is 0 Å². The van der Waals surface area contributed by atoms with Crippen LogP contribution in [0, 0.1) is 0 Å². The molecule has 0 unspecified atom stereocenters. The van der Waals surface area contributed by atoms with Gasteiger partial charge in [-0.05, 0) is 25.3 Å². The van der Waals surface area contributed by atoms with Gasteiger partial charge in [-0.3, -0.25) is 14.6 Å². The number of aromatic amines is 1. The molecule has 0 aliphatic carbocycles. The zero-order valence-corrected chi connectivity index (χ0v) is 12.7. The Bertz CT molecular complexity index is 683. The molecule has 0 saturated heterocycles. The molecule has 1 heterocycles. The van der Waals surface area contributed by atoms with Gasteiger partial charge in [-0.25, -0.2) is 0 Å². The van der Waals surface area contributed by atoms with Crippen LogP contribution in [0.1, 0.15) is 12.5 Å². The first-order valence-electron chi connectivity index (χ1n) is 6.10. The smallest absolute Gasteiger partial charge is 0.276 e. The van der Waals surface area contributed by atoms with Crippen molar-refractivity contribution in [2.75, 3.05) is 13.4 Å². The molecule has 1 aromatic carbocycles. The third kappa shape index (κ3) is 2.65. The normalized spacial score (nSPS) is 11.7. The summed E-state index contributed by atoms with van der Waals surface area (Å²) in [4.78, 5) is 18.1. The molecule has 1 N–H and O–H groups in total. The largest absolute Gasteiger partial charge is 0.399 e. The summed E-state index contributed by atoms with van der Waals surface area (Å²) in [6, 6.07) is 8.02. The average molecular weight is 291 g/mol. The number of H-pyrrole nitrogens is 1. The summed E-state index contributed by atoms with van der Waals surface area (Å²) in [6.07, 6.45) is 2.03. The maximum Gasteiger partial charge on any atom is 0.276 e. The molecule has 0 amide bonds. The van der Waals surface area contributed by atoms with Crippen LogP contribution in [0.2, 0.25) is 0 Å². The molecule has 5 nitrogen and oxygen atoms in total. The molecule has 2 aromatic rings. The van der Waals surface area contributed by atoms with Crippen molar-refractivity contribution in [3.8, 4) is 11.3 Å². The van der Waals surface area contributed by atoms with Gasteiger partial charge < -0.3 is 4.84 Å². The van der Waals surface area contributed by atoms with Crippen LogP contribution in [0.3, 0.4) is 0 Å². The van der Waals surface area contributed by atoms with Crippen LogP contribution in [-0.4, -0.2) is 28.9 Å². The van der Waals surface area contributed by atoms with Gasteiger partial charge in [0.25, 0.3) is 5.56 Å². The number of hydrogen-bond acceptors (Lipinski definition) is 4. The van der Waals surface area contributed by atoms with Crippen molar-refractivity contribution >= 4 is 17.5 Å². The van der Waals surface area contributed by atoms with Gasteiger partial charge in [-0.15, -0.1) is 11.8 Å². The molecular weight excluding hydrogens is 274 g/mol. The number of thioether (sulfide) groups is 1. The number of oxime groups is 1. The van der Waals surface area contributed by atoms with Gasteiger partial charge in [-0.1, -0.05) is 17.3 Å². The molecule has 0 aliphatic rings. The lowest BCUT2D eigenvalue weighted by atomic mass is 10.1. The molecule has 0 aliphatic heterocycles. The molecule has 0 radical (unpaired) electrons. The lowest BCUT2D eigenvalue weighted by Crippen LogP contribution is -2.18. The van der Waals surface area contributed by atoms with Crippen molar-refractivity contribution in [1.29, 1.82) is 0 Å². The predicted octanol–water partition coefficient (Wildman–Crippen LogP) is 2.47. The van der Waals surface area contributed by atoms with Gasteiger partial charge in [0.05, 0.1) is 17.0 Å². The Kier molecular flexibility index (Phi) is 4.34. The van der Waals surface area contributed by atoms with E-state index in [9.17, 15) is 4.79 Å². The fourth-order valence-corrected chi connectivity index (χ4v) is 2.44. The summed E-state index contributed by atoms with van der Waals surface area (Å²) in [7, 11) is 3.15. The molecule has 2 rings (SSSR count). The molecule has 106 valence electrons. The fraction of sp³-hybridized carbons (Fsp3) is 0.286. The van der Waals surface area contributed by atoms with E-state index in [0.717, 1.165) is 11.3 Å². The Morgan fingerprint density at radius 3 is 2.55 bits per heavy atom. The van der Waals surface area contributed by atoms with Gasteiger partial charge >= 0.3 is 0 Å². The number of aromatic nitrogens is 2. The zero-order chi connectivity index (χ0) is 14.7. The maximum atomic E-state index is 12.2. The average Bonchev–Trinajstić information content (AvgIpc) is 2.75. The van der Waals surface area contributed by atoms with Crippen molar-refractivity contribution in [2.45, 2.75) is 11.8 Å². The number of benzene rings is 1. The van der Waals surface area contributed by atoms with E-state index in [-0.39, 0.29) is 5.56 Å². The van der Waals surface area contributed by atoms with E-state index < -0.39 is 0 Å². The highest BCUT2D eigenvalue weighted by Crippen LogP contribution is 2.23. The van der Waals surface area contributed by atoms with Crippen LogP contribution in [0.15, 0.2) is 39.1 Å². The van der Waals surface area contributed by atoms with E-state index in [4.69, 9.17) is 4.84 Å². The number of nitrogens with zero attached hydrogens (tertiary/aromatic N) is 2. The lowest BCUT2D eigenvalue weighted by Gasteiger charge is -2.03.